The number of nitro groups is 1. The lowest BCUT2D eigenvalue weighted by molar-refractivity contribution is -0.384. The minimum Gasteiger partial charge on any atom is -0.369 e. The molecule has 0 atom stereocenters. The number of nitro benzene ring substituents is 1. The summed E-state index contributed by atoms with van der Waals surface area (Å²) in [5.74, 6) is 0. The number of hydrogen-bond acceptors (Lipinski definition) is 5. The molecule has 0 saturated heterocycles. The molecule has 3 rings (SSSR count). The first kappa shape index (κ1) is 18.6. The van der Waals surface area contributed by atoms with E-state index in [1.807, 2.05) is 60.7 Å². The molecule has 27 heavy (non-hydrogen) atoms. The zero-order valence-electron chi connectivity index (χ0n) is 14.6. The fourth-order valence-corrected chi connectivity index (χ4v) is 3.46. The predicted molar refractivity (Wildman–Crippen MR) is 105 cm³/mol. The van der Waals surface area contributed by atoms with Gasteiger partial charge in [-0.2, -0.15) is 0 Å². The molecule has 6 nitrogen and oxygen atoms in total. The number of sulfone groups is 1. The fraction of sp³-hybridized carbons (Fsp3) is 0.100. The van der Waals surface area contributed by atoms with Gasteiger partial charge in [0.25, 0.3) is 5.69 Å². The van der Waals surface area contributed by atoms with E-state index in [1.165, 1.54) is 12.1 Å². The Morgan fingerprint density at radius 2 is 1.41 bits per heavy atom. The van der Waals surface area contributed by atoms with Crippen molar-refractivity contribution >= 4 is 21.2 Å². The highest BCUT2D eigenvalue weighted by molar-refractivity contribution is 7.90. The predicted octanol–water partition coefficient (Wildman–Crippen LogP) is 4.20. The molecule has 0 aromatic heterocycles. The van der Waals surface area contributed by atoms with Crippen molar-refractivity contribution in [2.75, 3.05) is 11.6 Å². The number of hydrogen-bond donors (Lipinski definition) is 1. The molecule has 7 heteroatoms. The summed E-state index contributed by atoms with van der Waals surface area (Å²) in [7, 11) is -3.54. The highest BCUT2D eigenvalue weighted by atomic mass is 32.2. The fourth-order valence-electron chi connectivity index (χ4n) is 2.82. The van der Waals surface area contributed by atoms with Crippen LogP contribution in [0.1, 0.15) is 17.2 Å². The van der Waals surface area contributed by atoms with E-state index in [4.69, 9.17) is 0 Å². The Morgan fingerprint density at radius 3 is 1.85 bits per heavy atom. The molecule has 0 aliphatic carbocycles. The molecule has 0 amide bonds. The summed E-state index contributed by atoms with van der Waals surface area (Å²) in [4.78, 5) is 10.9. The summed E-state index contributed by atoms with van der Waals surface area (Å²) >= 11 is 0. The van der Waals surface area contributed by atoms with Crippen LogP contribution >= 0.6 is 0 Å². The van der Waals surface area contributed by atoms with Gasteiger partial charge in [-0.05, 0) is 23.3 Å². The average molecular weight is 382 g/mol. The van der Waals surface area contributed by atoms with Crippen LogP contribution in [-0.4, -0.2) is 19.6 Å². The maximum Gasteiger partial charge on any atom is 0.293 e. The lowest BCUT2D eigenvalue weighted by Gasteiger charge is -2.21. The number of benzene rings is 3. The average Bonchev–Trinajstić information content (AvgIpc) is 2.66. The Morgan fingerprint density at radius 1 is 0.889 bits per heavy atom. The Labute approximate surface area is 157 Å². The van der Waals surface area contributed by atoms with Gasteiger partial charge in [-0.3, -0.25) is 10.1 Å². The first-order valence-corrected chi connectivity index (χ1v) is 10.1. The third-order valence-electron chi connectivity index (χ3n) is 4.16. The lowest BCUT2D eigenvalue weighted by atomic mass is 9.98. The zero-order chi connectivity index (χ0) is 19.4. The second-order valence-corrected chi connectivity index (χ2v) is 8.12. The van der Waals surface area contributed by atoms with Gasteiger partial charge in [0, 0.05) is 12.3 Å². The number of nitrogens with zero attached hydrogens (tertiary/aromatic N) is 1. The Hall–Kier alpha value is -3.19. The minimum atomic E-state index is -3.54. The van der Waals surface area contributed by atoms with E-state index in [0.29, 0.717) is 0 Å². The molecular formula is C20H18N2O4S. The summed E-state index contributed by atoms with van der Waals surface area (Å²) in [6, 6.07) is 22.7. The molecule has 138 valence electrons. The van der Waals surface area contributed by atoms with Crippen molar-refractivity contribution in [3.63, 3.8) is 0 Å². The standard InChI is InChI=1S/C20H18N2O4S/c1-27(25,26)17-12-13-18(19(14-17)22(23)24)21-20(15-8-4-2-5-9-15)16-10-6-3-7-11-16/h2-14,20-21H,1H3. The summed E-state index contributed by atoms with van der Waals surface area (Å²) in [6.45, 7) is 0. The van der Waals surface area contributed by atoms with Crippen molar-refractivity contribution in [3.05, 3.63) is 100 Å². The second-order valence-electron chi connectivity index (χ2n) is 6.11. The van der Waals surface area contributed by atoms with Crippen LogP contribution in [-0.2, 0) is 9.84 Å². The van der Waals surface area contributed by atoms with Gasteiger partial charge in [-0.15, -0.1) is 0 Å². The molecule has 0 bridgehead atoms. The third-order valence-corrected chi connectivity index (χ3v) is 5.27. The zero-order valence-corrected chi connectivity index (χ0v) is 15.4. The first-order chi connectivity index (χ1) is 12.9. The van der Waals surface area contributed by atoms with Crippen LogP contribution in [0.3, 0.4) is 0 Å². The largest absolute Gasteiger partial charge is 0.369 e. The number of anilines is 1. The molecule has 0 aliphatic heterocycles. The van der Waals surface area contributed by atoms with Gasteiger partial charge in [0.2, 0.25) is 0 Å². The first-order valence-electron chi connectivity index (χ1n) is 8.21. The molecule has 0 spiro atoms. The van der Waals surface area contributed by atoms with Crippen molar-refractivity contribution in [3.8, 4) is 0 Å². The molecule has 0 radical (unpaired) electrons. The van der Waals surface area contributed by atoms with Crippen molar-refractivity contribution in [2.45, 2.75) is 10.9 Å². The molecule has 0 unspecified atom stereocenters. The van der Waals surface area contributed by atoms with E-state index in [9.17, 15) is 18.5 Å². The summed E-state index contributed by atoms with van der Waals surface area (Å²) in [5.41, 5.74) is 1.84. The molecule has 3 aromatic rings. The van der Waals surface area contributed by atoms with Gasteiger partial charge in [0.15, 0.2) is 9.84 Å². The quantitative estimate of drug-likeness (QED) is 0.510. The van der Waals surface area contributed by atoms with E-state index < -0.39 is 14.8 Å². The van der Waals surface area contributed by atoms with Crippen LogP contribution in [0, 0.1) is 10.1 Å². The van der Waals surface area contributed by atoms with Gasteiger partial charge in [0.1, 0.15) is 5.69 Å². The highest BCUT2D eigenvalue weighted by Crippen LogP contribution is 2.33. The van der Waals surface area contributed by atoms with Crippen LogP contribution in [0.25, 0.3) is 0 Å². The van der Waals surface area contributed by atoms with Gasteiger partial charge < -0.3 is 5.32 Å². The SMILES string of the molecule is CS(=O)(=O)c1ccc(NC(c2ccccc2)c2ccccc2)c([N+](=O)[O-])c1. The minimum absolute atomic E-state index is 0.0873. The number of rotatable bonds is 6. The molecule has 1 N–H and O–H groups in total. The van der Waals surface area contributed by atoms with Crippen LogP contribution in [0.4, 0.5) is 11.4 Å². The van der Waals surface area contributed by atoms with Gasteiger partial charge in [-0.1, -0.05) is 60.7 Å². The van der Waals surface area contributed by atoms with Crippen molar-refractivity contribution in [1.82, 2.24) is 0 Å². The third kappa shape index (κ3) is 4.32. The second kappa shape index (κ2) is 7.59. The number of nitrogens with one attached hydrogen (secondary N) is 1. The van der Waals surface area contributed by atoms with Crippen molar-refractivity contribution < 1.29 is 13.3 Å². The van der Waals surface area contributed by atoms with Crippen LogP contribution in [0.2, 0.25) is 0 Å². The Balaban J connectivity index is 2.08. The normalized spacial score (nSPS) is 11.3. The van der Waals surface area contributed by atoms with Gasteiger partial charge in [0.05, 0.1) is 15.9 Å². The summed E-state index contributed by atoms with van der Waals surface area (Å²) < 4.78 is 23.5. The Bertz CT molecular complexity index is 1010. The molecular weight excluding hydrogens is 364 g/mol. The molecule has 3 aromatic carbocycles. The summed E-state index contributed by atoms with van der Waals surface area (Å²) in [6.07, 6.45) is 1.02. The molecule has 0 fully saturated rings. The lowest BCUT2D eigenvalue weighted by Crippen LogP contribution is -2.13. The van der Waals surface area contributed by atoms with Gasteiger partial charge >= 0.3 is 0 Å². The van der Waals surface area contributed by atoms with Gasteiger partial charge in [-0.25, -0.2) is 8.42 Å². The van der Waals surface area contributed by atoms with Crippen molar-refractivity contribution in [1.29, 1.82) is 0 Å². The topological polar surface area (TPSA) is 89.3 Å². The monoisotopic (exact) mass is 382 g/mol. The highest BCUT2D eigenvalue weighted by Gasteiger charge is 2.22. The van der Waals surface area contributed by atoms with E-state index >= 15 is 0 Å². The van der Waals surface area contributed by atoms with E-state index in [0.717, 1.165) is 23.4 Å². The van der Waals surface area contributed by atoms with Crippen LogP contribution in [0.15, 0.2) is 83.8 Å². The maximum absolute atomic E-state index is 11.7. The van der Waals surface area contributed by atoms with Crippen LogP contribution < -0.4 is 5.32 Å². The van der Waals surface area contributed by atoms with E-state index in [1.54, 1.807) is 0 Å². The Kier molecular flexibility index (Phi) is 5.23. The van der Waals surface area contributed by atoms with Crippen molar-refractivity contribution in [2.24, 2.45) is 0 Å². The summed E-state index contributed by atoms with van der Waals surface area (Å²) in [5, 5.41) is 14.7. The van der Waals surface area contributed by atoms with Crippen LogP contribution in [0.5, 0.6) is 0 Å². The maximum atomic E-state index is 11.7. The smallest absolute Gasteiger partial charge is 0.293 e. The molecule has 0 saturated carbocycles. The molecule has 0 aliphatic rings. The molecule has 0 heterocycles. The van der Waals surface area contributed by atoms with E-state index in [-0.39, 0.29) is 22.3 Å². The van der Waals surface area contributed by atoms with E-state index in [2.05, 4.69) is 5.32 Å².